The summed E-state index contributed by atoms with van der Waals surface area (Å²) in [6.07, 6.45) is 3.36. The average molecular weight is 275 g/mol. The van der Waals surface area contributed by atoms with Crippen molar-refractivity contribution in [3.63, 3.8) is 0 Å². The van der Waals surface area contributed by atoms with Crippen LogP contribution in [0.3, 0.4) is 0 Å². The summed E-state index contributed by atoms with van der Waals surface area (Å²) in [4.78, 5) is 0. The van der Waals surface area contributed by atoms with Crippen molar-refractivity contribution in [2.24, 2.45) is 0 Å². The molecule has 0 heterocycles. The van der Waals surface area contributed by atoms with E-state index in [9.17, 15) is 0 Å². The molecule has 0 aromatic heterocycles. The number of hydrogen-bond donors (Lipinski definition) is 1. The van der Waals surface area contributed by atoms with Crippen molar-refractivity contribution < 1.29 is 9.53 Å². The Labute approximate surface area is 115 Å². The minimum atomic E-state index is -1.71. The van der Waals surface area contributed by atoms with E-state index in [1.807, 2.05) is 0 Å². The minimum Gasteiger partial charge on any atom is -0.413 e. The highest BCUT2D eigenvalue weighted by Gasteiger charge is 2.45. The summed E-state index contributed by atoms with van der Waals surface area (Å²) in [5.74, 6) is 0. The lowest BCUT2D eigenvalue weighted by atomic mass is 10.2. The third-order valence-electron chi connectivity index (χ3n) is 4.13. The molecule has 1 atom stereocenters. The van der Waals surface area contributed by atoms with Crippen LogP contribution in [-0.2, 0) is 4.43 Å². The van der Waals surface area contributed by atoms with Crippen LogP contribution in [0.15, 0.2) is 0 Å². The van der Waals surface area contributed by atoms with E-state index >= 15 is 0 Å². The van der Waals surface area contributed by atoms with Crippen molar-refractivity contribution in [3.05, 3.63) is 0 Å². The molecule has 2 nitrogen and oxygen atoms in total. The van der Waals surface area contributed by atoms with Gasteiger partial charge in [-0.15, -0.1) is 0 Å². The lowest BCUT2D eigenvalue weighted by Gasteiger charge is -2.44. The smallest absolute Gasteiger partial charge is 0.200 e. The van der Waals surface area contributed by atoms with Gasteiger partial charge in [0.2, 0.25) is 8.32 Å². The quantitative estimate of drug-likeness (QED) is 0.486. The highest BCUT2D eigenvalue weighted by molar-refractivity contribution is 6.77. The molecule has 0 unspecified atom stereocenters. The fraction of sp³-hybridized carbons (Fsp3) is 1.00. The van der Waals surface area contributed by atoms with Gasteiger partial charge >= 0.3 is 0 Å². The maximum absolute atomic E-state index is 8.84. The van der Waals surface area contributed by atoms with Crippen molar-refractivity contribution in [2.75, 3.05) is 6.61 Å². The van der Waals surface area contributed by atoms with Crippen LogP contribution in [0.2, 0.25) is 16.6 Å². The van der Waals surface area contributed by atoms with Gasteiger partial charge in [-0.25, -0.2) is 0 Å². The highest BCUT2D eigenvalue weighted by atomic mass is 28.4. The Morgan fingerprint density at radius 2 is 1.28 bits per heavy atom. The van der Waals surface area contributed by atoms with Crippen molar-refractivity contribution in [2.45, 2.75) is 90.5 Å². The van der Waals surface area contributed by atoms with Gasteiger partial charge in [-0.1, -0.05) is 41.5 Å². The summed E-state index contributed by atoms with van der Waals surface area (Å²) in [6.45, 7) is 16.5. The summed E-state index contributed by atoms with van der Waals surface area (Å²) in [7, 11) is -1.71. The summed E-state index contributed by atoms with van der Waals surface area (Å²) in [5, 5.41) is 8.84. The molecule has 0 fully saturated rings. The molecule has 0 aromatic carbocycles. The fourth-order valence-electron chi connectivity index (χ4n) is 3.36. The van der Waals surface area contributed by atoms with E-state index in [0.29, 0.717) is 29.3 Å². The zero-order valence-corrected chi connectivity index (χ0v) is 14.5. The Kier molecular flexibility index (Phi) is 8.40. The number of hydrogen-bond acceptors (Lipinski definition) is 2. The first kappa shape index (κ1) is 18.1. The number of unbranched alkanes of at least 4 members (excludes halogenated alkanes) is 1. The van der Waals surface area contributed by atoms with E-state index in [1.54, 1.807) is 0 Å². The molecular weight excluding hydrogens is 240 g/mol. The Morgan fingerprint density at radius 3 is 1.61 bits per heavy atom. The van der Waals surface area contributed by atoms with Crippen LogP contribution in [0.4, 0.5) is 0 Å². The van der Waals surface area contributed by atoms with Crippen LogP contribution in [0.1, 0.15) is 67.7 Å². The topological polar surface area (TPSA) is 29.5 Å². The zero-order valence-electron chi connectivity index (χ0n) is 13.5. The Bertz CT molecular complexity index is 193. The summed E-state index contributed by atoms with van der Waals surface area (Å²) in [5.41, 5.74) is 1.95. The molecule has 0 aliphatic rings. The molecule has 0 aliphatic carbocycles. The van der Waals surface area contributed by atoms with Gasteiger partial charge in [-0.05, 0) is 42.8 Å². The fourth-order valence-corrected chi connectivity index (χ4v) is 8.99. The number of rotatable bonds is 9. The molecule has 0 radical (unpaired) electrons. The molecular formula is C15H34O2Si. The number of aliphatic hydroxyl groups excluding tert-OH is 1. The molecule has 3 heteroatoms. The van der Waals surface area contributed by atoms with E-state index in [-0.39, 0.29) is 0 Å². The molecule has 0 aliphatic heterocycles. The van der Waals surface area contributed by atoms with Gasteiger partial charge in [-0.2, -0.15) is 0 Å². The normalized spacial score (nSPS) is 14.8. The molecule has 0 saturated carbocycles. The molecule has 110 valence electrons. The molecule has 18 heavy (non-hydrogen) atoms. The zero-order chi connectivity index (χ0) is 14.3. The molecule has 0 amide bonds. The minimum absolute atomic E-state index is 0.299. The summed E-state index contributed by atoms with van der Waals surface area (Å²) < 4.78 is 6.63. The van der Waals surface area contributed by atoms with E-state index in [0.717, 1.165) is 19.3 Å². The summed E-state index contributed by atoms with van der Waals surface area (Å²) in [6, 6.07) is 0. The highest BCUT2D eigenvalue weighted by Crippen LogP contribution is 2.43. The Hall–Kier alpha value is 0.137. The first-order valence-electron chi connectivity index (χ1n) is 7.57. The second-order valence-corrected chi connectivity index (χ2v) is 11.9. The average Bonchev–Trinajstić information content (AvgIpc) is 2.24. The monoisotopic (exact) mass is 274 g/mol. The van der Waals surface area contributed by atoms with Gasteiger partial charge < -0.3 is 9.53 Å². The van der Waals surface area contributed by atoms with Gasteiger partial charge in [0.05, 0.1) is 0 Å². The third-order valence-corrected chi connectivity index (χ3v) is 10.4. The van der Waals surface area contributed by atoms with Crippen LogP contribution in [-0.4, -0.2) is 26.1 Å². The number of aliphatic hydroxyl groups is 1. The lowest BCUT2D eigenvalue weighted by molar-refractivity contribution is 0.173. The molecule has 0 spiro atoms. The van der Waals surface area contributed by atoms with Gasteiger partial charge in [0.1, 0.15) is 0 Å². The molecule has 0 rings (SSSR count). The van der Waals surface area contributed by atoms with E-state index in [1.165, 1.54) is 0 Å². The first-order chi connectivity index (χ1) is 8.28. The third kappa shape index (κ3) is 4.67. The van der Waals surface area contributed by atoms with Crippen LogP contribution in [0.25, 0.3) is 0 Å². The largest absolute Gasteiger partial charge is 0.413 e. The van der Waals surface area contributed by atoms with Crippen molar-refractivity contribution in [1.29, 1.82) is 0 Å². The van der Waals surface area contributed by atoms with Crippen molar-refractivity contribution in [3.8, 4) is 0 Å². The maximum Gasteiger partial charge on any atom is 0.200 e. The lowest BCUT2D eigenvalue weighted by Crippen LogP contribution is -2.49. The van der Waals surface area contributed by atoms with E-state index in [4.69, 9.17) is 9.53 Å². The van der Waals surface area contributed by atoms with Crippen LogP contribution >= 0.6 is 0 Å². The molecule has 0 bridgehead atoms. The van der Waals surface area contributed by atoms with E-state index < -0.39 is 8.32 Å². The second kappa shape index (κ2) is 8.34. The maximum atomic E-state index is 8.84. The van der Waals surface area contributed by atoms with Gasteiger partial charge in [0, 0.05) is 12.7 Å². The predicted octanol–water partition coefficient (Wildman–Crippen LogP) is 4.73. The van der Waals surface area contributed by atoms with Crippen LogP contribution < -0.4 is 0 Å². The molecule has 0 aromatic rings. The standard InChI is InChI=1S/C15H34O2Si/c1-12(2)18(13(3)4,14(5)6)17-15(7)10-8-9-11-16/h12-16H,8-11H2,1-7H3/t15-/m1/s1. The SMILES string of the molecule is CC(C)[Si](O[C@H](C)CCCCO)(C(C)C)C(C)C. The first-order valence-corrected chi connectivity index (χ1v) is 9.71. The van der Waals surface area contributed by atoms with Crippen LogP contribution in [0.5, 0.6) is 0 Å². The van der Waals surface area contributed by atoms with Crippen molar-refractivity contribution >= 4 is 8.32 Å². The van der Waals surface area contributed by atoms with Crippen molar-refractivity contribution in [1.82, 2.24) is 0 Å². The molecule has 0 saturated heterocycles. The predicted molar refractivity (Wildman–Crippen MR) is 82.5 cm³/mol. The molecule has 1 N–H and O–H groups in total. The van der Waals surface area contributed by atoms with Gasteiger partial charge in [0.25, 0.3) is 0 Å². The Morgan fingerprint density at radius 1 is 0.833 bits per heavy atom. The Balaban J connectivity index is 4.68. The van der Waals surface area contributed by atoms with Gasteiger partial charge in [0.15, 0.2) is 0 Å². The van der Waals surface area contributed by atoms with Crippen LogP contribution in [0, 0.1) is 0 Å². The van der Waals surface area contributed by atoms with Gasteiger partial charge in [-0.3, -0.25) is 0 Å². The second-order valence-electron chi connectivity index (χ2n) is 6.47. The summed E-state index contributed by atoms with van der Waals surface area (Å²) >= 11 is 0. The van der Waals surface area contributed by atoms with E-state index in [2.05, 4.69) is 48.5 Å².